The van der Waals surface area contributed by atoms with E-state index < -0.39 is 0 Å². The average Bonchev–Trinajstić information content (AvgIpc) is 3.07. The van der Waals surface area contributed by atoms with Gasteiger partial charge in [-0.1, -0.05) is 20.8 Å². The number of guanidine groups is 1. The minimum absolute atomic E-state index is 0. The van der Waals surface area contributed by atoms with Gasteiger partial charge in [-0.15, -0.1) is 35.3 Å². The fraction of sp³-hybridized carbons (Fsp3) is 0.789. The lowest BCUT2D eigenvalue weighted by atomic mass is 9.99. The first-order chi connectivity index (χ1) is 12.1. The minimum Gasteiger partial charge on any atom is -0.357 e. The van der Waals surface area contributed by atoms with Crippen LogP contribution in [0, 0.1) is 5.92 Å². The van der Waals surface area contributed by atoms with Crippen LogP contribution < -0.4 is 10.6 Å². The van der Waals surface area contributed by atoms with Gasteiger partial charge in [0.05, 0.1) is 17.2 Å². The Morgan fingerprint density at radius 1 is 1.35 bits per heavy atom. The van der Waals surface area contributed by atoms with Crippen molar-refractivity contribution < 1.29 is 0 Å². The van der Waals surface area contributed by atoms with Gasteiger partial charge in [0.1, 0.15) is 0 Å². The van der Waals surface area contributed by atoms with Crippen molar-refractivity contribution in [1.29, 1.82) is 0 Å². The lowest BCUT2D eigenvalue weighted by molar-refractivity contribution is 0.191. The van der Waals surface area contributed by atoms with Gasteiger partial charge in [-0.2, -0.15) is 0 Å². The maximum absolute atomic E-state index is 4.68. The molecule has 1 aliphatic heterocycles. The first kappa shape index (κ1) is 23.6. The van der Waals surface area contributed by atoms with Crippen LogP contribution in [0.25, 0.3) is 0 Å². The lowest BCUT2D eigenvalue weighted by Crippen LogP contribution is -2.39. The van der Waals surface area contributed by atoms with E-state index in [2.05, 4.69) is 58.6 Å². The molecule has 0 spiro atoms. The summed E-state index contributed by atoms with van der Waals surface area (Å²) in [5.41, 5.74) is 1.06. The van der Waals surface area contributed by atoms with Gasteiger partial charge < -0.3 is 15.5 Å². The number of nitrogens with one attached hydrogen (secondary N) is 2. The molecule has 1 aliphatic rings. The van der Waals surface area contributed by atoms with Gasteiger partial charge in [-0.25, -0.2) is 9.98 Å². The Bertz CT molecular complexity index is 524. The highest BCUT2D eigenvalue weighted by molar-refractivity contribution is 14.0. The summed E-state index contributed by atoms with van der Waals surface area (Å²) in [5, 5.41) is 10.1. The number of aromatic nitrogens is 1. The molecule has 2 rings (SSSR count). The van der Waals surface area contributed by atoms with E-state index in [9.17, 15) is 0 Å². The van der Waals surface area contributed by atoms with E-state index in [0.717, 1.165) is 37.1 Å². The highest BCUT2D eigenvalue weighted by Crippen LogP contribution is 2.19. The van der Waals surface area contributed by atoms with Crippen molar-refractivity contribution in [3.05, 3.63) is 16.1 Å². The molecule has 5 nitrogen and oxygen atoms in total. The standard InChI is InChI=1S/C19H35N5S.HI/c1-5-20-19(22-13-17-14-25-18(23-17)15(2)3)21-9-6-10-24-11-7-16(4)8-12-24;/h14-16H,5-13H2,1-4H3,(H2,20,21,22);1H. The van der Waals surface area contributed by atoms with Crippen molar-refractivity contribution in [2.45, 2.75) is 59.4 Å². The van der Waals surface area contributed by atoms with Gasteiger partial charge >= 0.3 is 0 Å². The normalized spacial score (nSPS) is 16.6. The van der Waals surface area contributed by atoms with Gasteiger partial charge in [0, 0.05) is 24.4 Å². The molecular formula is C19H36IN5S. The number of piperidine rings is 1. The summed E-state index contributed by atoms with van der Waals surface area (Å²) in [7, 11) is 0. The Hall–Kier alpha value is -0.410. The maximum Gasteiger partial charge on any atom is 0.191 e. The third-order valence-electron chi connectivity index (χ3n) is 4.63. The minimum atomic E-state index is 0. The SMILES string of the molecule is CCNC(=NCc1csc(C(C)C)n1)NCCCN1CCC(C)CC1.I. The smallest absolute Gasteiger partial charge is 0.191 e. The third kappa shape index (κ3) is 8.52. The number of thiazole rings is 1. The van der Waals surface area contributed by atoms with Crippen molar-refractivity contribution in [2.75, 3.05) is 32.7 Å². The molecule has 1 aromatic rings. The van der Waals surface area contributed by atoms with Crippen LogP contribution in [0.5, 0.6) is 0 Å². The summed E-state index contributed by atoms with van der Waals surface area (Å²) < 4.78 is 0. The molecule has 1 saturated heterocycles. The Morgan fingerprint density at radius 3 is 2.69 bits per heavy atom. The molecule has 0 radical (unpaired) electrons. The van der Waals surface area contributed by atoms with E-state index in [4.69, 9.17) is 0 Å². The average molecular weight is 494 g/mol. The number of nitrogens with zero attached hydrogens (tertiary/aromatic N) is 3. The van der Waals surface area contributed by atoms with Crippen molar-refractivity contribution in [1.82, 2.24) is 20.5 Å². The van der Waals surface area contributed by atoms with Crippen LogP contribution in [0.2, 0.25) is 0 Å². The summed E-state index contributed by atoms with van der Waals surface area (Å²) in [6, 6.07) is 0. The molecule has 0 atom stereocenters. The second-order valence-corrected chi connectivity index (χ2v) is 8.22. The van der Waals surface area contributed by atoms with Crippen molar-refractivity contribution in [2.24, 2.45) is 10.9 Å². The molecule has 0 aromatic carbocycles. The second-order valence-electron chi connectivity index (χ2n) is 7.33. The molecular weight excluding hydrogens is 457 g/mol. The Kier molecular flexibility index (Phi) is 11.7. The molecule has 1 fully saturated rings. The van der Waals surface area contributed by atoms with Gasteiger partial charge in [0.15, 0.2) is 5.96 Å². The number of likely N-dealkylation sites (tertiary alicyclic amines) is 1. The summed E-state index contributed by atoms with van der Waals surface area (Å²) in [6.07, 6.45) is 3.86. The van der Waals surface area contributed by atoms with Crippen LogP contribution in [0.1, 0.15) is 63.6 Å². The fourth-order valence-electron chi connectivity index (χ4n) is 2.96. The van der Waals surface area contributed by atoms with E-state index in [1.807, 2.05) is 0 Å². The summed E-state index contributed by atoms with van der Waals surface area (Å²) in [6.45, 7) is 15.0. The highest BCUT2D eigenvalue weighted by Gasteiger charge is 2.14. The van der Waals surface area contributed by atoms with Gasteiger partial charge in [0.25, 0.3) is 0 Å². The molecule has 0 aliphatic carbocycles. The van der Waals surface area contributed by atoms with E-state index in [-0.39, 0.29) is 24.0 Å². The summed E-state index contributed by atoms with van der Waals surface area (Å²) in [5.74, 6) is 2.30. The number of aliphatic imine (C=N–C) groups is 1. The van der Waals surface area contributed by atoms with Crippen molar-refractivity contribution in [3.63, 3.8) is 0 Å². The van der Waals surface area contributed by atoms with E-state index in [1.165, 1.54) is 37.5 Å². The molecule has 0 bridgehead atoms. The predicted molar refractivity (Wildman–Crippen MR) is 124 cm³/mol. The number of hydrogen-bond acceptors (Lipinski definition) is 4. The lowest BCUT2D eigenvalue weighted by Gasteiger charge is -2.30. The van der Waals surface area contributed by atoms with Crippen LogP contribution in [0.15, 0.2) is 10.4 Å². The quantitative estimate of drug-likeness (QED) is 0.248. The fourth-order valence-corrected chi connectivity index (χ4v) is 3.78. The summed E-state index contributed by atoms with van der Waals surface area (Å²) >= 11 is 1.73. The molecule has 0 saturated carbocycles. The topological polar surface area (TPSA) is 52.6 Å². The van der Waals surface area contributed by atoms with Crippen LogP contribution >= 0.6 is 35.3 Å². The molecule has 26 heavy (non-hydrogen) atoms. The zero-order valence-electron chi connectivity index (χ0n) is 16.8. The molecule has 1 aromatic heterocycles. The van der Waals surface area contributed by atoms with E-state index >= 15 is 0 Å². The van der Waals surface area contributed by atoms with Gasteiger partial charge in [0.2, 0.25) is 0 Å². The second kappa shape index (κ2) is 12.9. The Balaban J connectivity index is 0.00000338. The zero-order valence-corrected chi connectivity index (χ0v) is 19.9. The third-order valence-corrected chi connectivity index (χ3v) is 5.82. The molecule has 0 unspecified atom stereocenters. The van der Waals surface area contributed by atoms with Crippen LogP contribution in [-0.4, -0.2) is 48.6 Å². The largest absolute Gasteiger partial charge is 0.357 e. The number of halogens is 1. The van der Waals surface area contributed by atoms with Crippen LogP contribution in [-0.2, 0) is 6.54 Å². The van der Waals surface area contributed by atoms with Crippen molar-refractivity contribution in [3.8, 4) is 0 Å². The molecule has 150 valence electrons. The first-order valence-electron chi connectivity index (χ1n) is 9.77. The van der Waals surface area contributed by atoms with Gasteiger partial charge in [-0.05, 0) is 51.7 Å². The number of rotatable bonds is 8. The zero-order chi connectivity index (χ0) is 18.1. The molecule has 0 amide bonds. The van der Waals surface area contributed by atoms with Crippen molar-refractivity contribution >= 4 is 41.3 Å². The van der Waals surface area contributed by atoms with Gasteiger partial charge in [-0.3, -0.25) is 0 Å². The maximum atomic E-state index is 4.68. The summed E-state index contributed by atoms with van der Waals surface area (Å²) in [4.78, 5) is 11.9. The molecule has 2 heterocycles. The van der Waals surface area contributed by atoms with E-state index in [0.29, 0.717) is 12.5 Å². The molecule has 2 N–H and O–H groups in total. The highest BCUT2D eigenvalue weighted by atomic mass is 127. The Morgan fingerprint density at radius 2 is 2.08 bits per heavy atom. The van der Waals surface area contributed by atoms with E-state index in [1.54, 1.807) is 11.3 Å². The predicted octanol–water partition coefficient (Wildman–Crippen LogP) is 4.06. The molecule has 7 heteroatoms. The van der Waals surface area contributed by atoms with Crippen LogP contribution in [0.3, 0.4) is 0 Å². The number of hydrogen-bond donors (Lipinski definition) is 2. The first-order valence-corrected chi connectivity index (χ1v) is 10.6. The monoisotopic (exact) mass is 493 g/mol. The van der Waals surface area contributed by atoms with Crippen LogP contribution in [0.4, 0.5) is 0 Å². The Labute approximate surface area is 180 Å².